The average molecular weight is 366 g/mol. The van der Waals surface area contributed by atoms with Crippen molar-refractivity contribution in [3.8, 4) is 17.2 Å². The van der Waals surface area contributed by atoms with Gasteiger partial charge in [0.1, 0.15) is 5.75 Å². The van der Waals surface area contributed by atoms with E-state index in [0.717, 1.165) is 22.3 Å². The summed E-state index contributed by atoms with van der Waals surface area (Å²) in [5.74, 6) is 0.784. The lowest BCUT2D eigenvalue weighted by molar-refractivity contribution is -0.152. The second-order valence-electron chi connectivity index (χ2n) is 6.50. The van der Waals surface area contributed by atoms with Crippen LogP contribution in [0.25, 0.3) is 11.5 Å². The lowest BCUT2D eigenvalue weighted by atomic mass is 10.1. The first-order chi connectivity index (χ1) is 12.9. The summed E-state index contributed by atoms with van der Waals surface area (Å²) in [6.45, 7) is 7.43. The number of aryl methyl sites for hydroxylation is 3. The molecule has 0 unspecified atom stereocenters. The molecule has 0 radical (unpaired) electrons. The molecule has 0 aliphatic carbocycles. The van der Waals surface area contributed by atoms with Crippen LogP contribution >= 0.6 is 0 Å². The van der Waals surface area contributed by atoms with Crippen molar-refractivity contribution >= 4 is 5.97 Å². The average Bonchev–Trinajstić information content (AvgIpc) is 3.12. The van der Waals surface area contributed by atoms with E-state index in [1.807, 2.05) is 63.2 Å². The Kier molecular flexibility index (Phi) is 5.54. The third kappa shape index (κ3) is 4.73. The molecule has 0 N–H and O–H groups in total. The van der Waals surface area contributed by atoms with Gasteiger partial charge < -0.3 is 13.9 Å². The third-order valence-corrected chi connectivity index (χ3v) is 4.07. The van der Waals surface area contributed by atoms with Gasteiger partial charge in [-0.2, -0.15) is 0 Å². The van der Waals surface area contributed by atoms with Crippen LogP contribution in [0.2, 0.25) is 0 Å². The summed E-state index contributed by atoms with van der Waals surface area (Å²) in [5, 5.41) is 7.99. The Bertz CT molecular complexity index is 932. The fourth-order valence-corrected chi connectivity index (χ4v) is 2.59. The Hall–Kier alpha value is -3.15. The van der Waals surface area contributed by atoms with E-state index in [0.29, 0.717) is 11.6 Å². The Morgan fingerprint density at radius 2 is 1.74 bits per heavy atom. The van der Waals surface area contributed by atoms with Gasteiger partial charge in [0.2, 0.25) is 5.89 Å². The normalized spacial score (nSPS) is 11.9. The van der Waals surface area contributed by atoms with Gasteiger partial charge in [0.25, 0.3) is 5.89 Å². The molecule has 6 nitrogen and oxygen atoms in total. The number of carbonyl (C=O) groups is 1. The van der Waals surface area contributed by atoms with E-state index >= 15 is 0 Å². The molecule has 1 aromatic heterocycles. The molecule has 2 aromatic carbocycles. The molecule has 0 spiro atoms. The van der Waals surface area contributed by atoms with Crippen LogP contribution in [0.5, 0.6) is 5.75 Å². The van der Waals surface area contributed by atoms with Crippen molar-refractivity contribution in [3.05, 3.63) is 65.0 Å². The molecule has 140 valence electrons. The van der Waals surface area contributed by atoms with Gasteiger partial charge in [0, 0.05) is 5.56 Å². The molecule has 0 saturated heterocycles. The fourth-order valence-electron chi connectivity index (χ4n) is 2.59. The van der Waals surface area contributed by atoms with Gasteiger partial charge in [-0.05, 0) is 51.5 Å². The van der Waals surface area contributed by atoms with Crippen molar-refractivity contribution < 1.29 is 18.7 Å². The minimum Gasteiger partial charge on any atom is -0.482 e. The van der Waals surface area contributed by atoms with Gasteiger partial charge in [-0.25, -0.2) is 4.79 Å². The highest BCUT2D eigenvalue weighted by atomic mass is 16.6. The number of aromatic nitrogens is 2. The second kappa shape index (κ2) is 8.03. The maximum atomic E-state index is 12.1. The molecule has 0 saturated carbocycles. The number of carbonyl (C=O) groups excluding carboxylic acids is 1. The summed E-state index contributed by atoms with van der Waals surface area (Å²) in [6, 6.07) is 13.5. The Morgan fingerprint density at radius 3 is 2.44 bits per heavy atom. The predicted molar refractivity (Wildman–Crippen MR) is 100 cm³/mol. The number of ether oxygens (including phenoxy) is 2. The van der Waals surface area contributed by atoms with E-state index in [2.05, 4.69) is 10.2 Å². The van der Waals surface area contributed by atoms with E-state index < -0.39 is 12.1 Å². The largest absolute Gasteiger partial charge is 0.482 e. The van der Waals surface area contributed by atoms with Gasteiger partial charge in [-0.3, -0.25) is 0 Å². The lowest BCUT2D eigenvalue weighted by Crippen LogP contribution is -2.17. The number of hydrogen-bond donors (Lipinski definition) is 0. The molecule has 6 heteroatoms. The van der Waals surface area contributed by atoms with Gasteiger partial charge in [0.05, 0.1) is 0 Å². The quantitative estimate of drug-likeness (QED) is 0.604. The molecule has 0 aliphatic rings. The maximum Gasteiger partial charge on any atom is 0.344 e. The SMILES string of the molecule is Cc1ccc(-c2nnc([C@@H](C)OC(=O)COc3ccc(C)cc3C)o2)cc1. The van der Waals surface area contributed by atoms with Gasteiger partial charge in [-0.1, -0.05) is 35.4 Å². The zero-order chi connectivity index (χ0) is 19.4. The summed E-state index contributed by atoms with van der Waals surface area (Å²) in [5.41, 5.74) is 4.06. The molecule has 0 fully saturated rings. The number of benzene rings is 2. The molecule has 0 amide bonds. The topological polar surface area (TPSA) is 74.5 Å². The summed E-state index contributed by atoms with van der Waals surface area (Å²) in [7, 11) is 0. The number of nitrogens with zero attached hydrogens (tertiary/aromatic N) is 2. The van der Waals surface area contributed by atoms with Crippen molar-refractivity contribution in [2.24, 2.45) is 0 Å². The first kappa shape index (κ1) is 18.6. The summed E-state index contributed by atoms with van der Waals surface area (Å²) in [6.07, 6.45) is -0.660. The highest BCUT2D eigenvalue weighted by Crippen LogP contribution is 2.23. The smallest absolute Gasteiger partial charge is 0.344 e. The zero-order valence-corrected chi connectivity index (χ0v) is 15.9. The number of rotatable bonds is 6. The van der Waals surface area contributed by atoms with Crippen LogP contribution in [-0.2, 0) is 9.53 Å². The molecule has 0 aliphatic heterocycles. The van der Waals surface area contributed by atoms with E-state index in [-0.39, 0.29) is 12.5 Å². The highest BCUT2D eigenvalue weighted by molar-refractivity contribution is 5.71. The molecular weight excluding hydrogens is 344 g/mol. The van der Waals surface area contributed by atoms with Crippen LogP contribution in [0.15, 0.2) is 46.9 Å². The van der Waals surface area contributed by atoms with E-state index in [4.69, 9.17) is 13.9 Å². The van der Waals surface area contributed by atoms with Crippen molar-refractivity contribution in [2.45, 2.75) is 33.8 Å². The van der Waals surface area contributed by atoms with Crippen molar-refractivity contribution in [2.75, 3.05) is 6.61 Å². The molecule has 3 rings (SSSR count). The van der Waals surface area contributed by atoms with Gasteiger partial charge >= 0.3 is 5.97 Å². The zero-order valence-electron chi connectivity index (χ0n) is 15.9. The monoisotopic (exact) mass is 366 g/mol. The maximum absolute atomic E-state index is 12.1. The highest BCUT2D eigenvalue weighted by Gasteiger charge is 2.19. The summed E-state index contributed by atoms with van der Waals surface area (Å²) in [4.78, 5) is 12.1. The van der Waals surface area contributed by atoms with Gasteiger partial charge in [-0.15, -0.1) is 10.2 Å². The Labute approximate surface area is 158 Å². The Balaban J connectivity index is 1.57. The Morgan fingerprint density at radius 1 is 1.04 bits per heavy atom. The molecular formula is C21H22N2O4. The fraction of sp³-hybridized carbons (Fsp3) is 0.286. The van der Waals surface area contributed by atoms with Crippen molar-refractivity contribution in [3.63, 3.8) is 0 Å². The van der Waals surface area contributed by atoms with Crippen LogP contribution in [0.3, 0.4) is 0 Å². The molecule has 0 bridgehead atoms. The van der Waals surface area contributed by atoms with Gasteiger partial charge in [0.15, 0.2) is 12.7 Å². The van der Waals surface area contributed by atoms with E-state index in [1.54, 1.807) is 6.92 Å². The standard InChI is InChI=1S/C21H22N2O4/c1-13-5-8-17(9-6-13)21-23-22-20(27-21)16(4)26-19(24)12-25-18-10-7-14(2)11-15(18)3/h5-11,16H,12H2,1-4H3/t16-/m1/s1. The van der Waals surface area contributed by atoms with Crippen LogP contribution in [-0.4, -0.2) is 22.8 Å². The molecule has 3 aromatic rings. The third-order valence-electron chi connectivity index (χ3n) is 4.07. The van der Waals surface area contributed by atoms with Crippen molar-refractivity contribution in [1.29, 1.82) is 0 Å². The minimum absolute atomic E-state index is 0.187. The van der Waals surface area contributed by atoms with Crippen LogP contribution in [0, 0.1) is 20.8 Å². The van der Waals surface area contributed by atoms with Crippen LogP contribution in [0.1, 0.15) is 35.6 Å². The molecule has 1 heterocycles. The molecule has 27 heavy (non-hydrogen) atoms. The number of esters is 1. The molecule has 1 atom stereocenters. The lowest BCUT2D eigenvalue weighted by Gasteiger charge is -2.12. The first-order valence-electron chi connectivity index (χ1n) is 8.72. The first-order valence-corrected chi connectivity index (χ1v) is 8.72. The summed E-state index contributed by atoms with van der Waals surface area (Å²) < 4.78 is 16.5. The van der Waals surface area contributed by atoms with Crippen LogP contribution < -0.4 is 4.74 Å². The number of hydrogen-bond acceptors (Lipinski definition) is 6. The van der Waals surface area contributed by atoms with Crippen LogP contribution in [0.4, 0.5) is 0 Å². The van der Waals surface area contributed by atoms with Crippen molar-refractivity contribution in [1.82, 2.24) is 10.2 Å². The van der Waals surface area contributed by atoms with E-state index in [1.165, 1.54) is 0 Å². The predicted octanol–water partition coefficient (Wildman–Crippen LogP) is 4.35. The summed E-state index contributed by atoms with van der Waals surface area (Å²) >= 11 is 0. The minimum atomic E-state index is -0.660. The second-order valence-corrected chi connectivity index (χ2v) is 6.50. The van der Waals surface area contributed by atoms with E-state index in [9.17, 15) is 4.79 Å².